The first-order valence-corrected chi connectivity index (χ1v) is 16.5. The maximum Gasteiger partial charge on any atom is 0.410 e. The molecule has 0 radical (unpaired) electrons. The molecule has 0 aromatic carbocycles. The van der Waals surface area contributed by atoms with Gasteiger partial charge in [-0.05, 0) is 56.0 Å². The number of hydrogen-bond donors (Lipinski definition) is 0. The zero-order chi connectivity index (χ0) is 29.3. The van der Waals surface area contributed by atoms with Gasteiger partial charge < -0.3 is 18.8 Å². The van der Waals surface area contributed by atoms with Crippen LogP contribution in [0.5, 0.6) is 0 Å². The second-order valence-electron chi connectivity index (χ2n) is 12.2. The van der Waals surface area contributed by atoms with Crippen molar-refractivity contribution in [3.63, 3.8) is 0 Å². The molecule has 8 nitrogen and oxygen atoms in total. The minimum atomic E-state index is -2.10. The van der Waals surface area contributed by atoms with Gasteiger partial charge in [0.2, 0.25) is 5.91 Å². The number of hydrogen-bond acceptors (Lipinski definition) is 6. The lowest BCUT2D eigenvalue weighted by molar-refractivity contribution is -0.161. The quantitative estimate of drug-likeness (QED) is 0.153. The lowest BCUT2D eigenvalue weighted by Crippen LogP contribution is -2.63. The summed E-state index contributed by atoms with van der Waals surface area (Å²) in [4.78, 5) is 42.5. The zero-order valence-corrected chi connectivity index (χ0v) is 25.5. The molecule has 0 aromatic rings. The van der Waals surface area contributed by atoms with Crippen LogP contribution in [0.1, 0.15) is 47.5 Å². The van der Waals surface area contributed by atoms with Crippen LogP contribution < -0.4 is 0 Å². The average Bonchev–Trinajstić information content (AvgIpc) is 3.37. The fraction of sp³-hybridized carbons (Fsp3) is 0.567. The molecule has 0 N–H and O–H groups in total. The molecule has 2 fully saturated rings. The van der Waals surface area contributed by atoms with Gasteiger partial charge in [0.25, 0.3) is 0 Å². The maximum atomic E-state index is 13.5. The van der Waals surface area contributed by atoms with E-state index in [1.807, 2.05) is 19.9 Å². The number of rotatable bonds is 10. The van der Waals surface area contributed by atoms with Crippen molar-refractivity contribution in [3.05, 3.63) is 60.4 Å². The third-order valence-corrected chi connectivity index (χ3v) is 12.9. The Balaban J connectivity index is 1.90. The standard InChI is InChI=1S/C30H44N2O6Si/c1-11-13-36-28(34)26-23(20(4)16-22-15-19(3)18-31(22)29(35)37-14-12-2)17-24-25(27(33)32(24)26)21(5)38-39(9,10)30(6,7)8/h11-12,16,21-22,24-25H,1-3,13-15,17-18H2,4-10H3/t21-,22+,24-,25-/m1/s1. The van der Waals surface area contributed by atoms with Crippen molar-refractivity contribution >= 4 is 26.3 Å². The smallest absolute Gasteiger partial charge is 0.410 e. The molecule has 0 saturated carbocycles. The third kappa shape index (κ3) is 6.14. The Bertz CT molecular complexity index is 1110. The fourth-order valence-electron chi connectivity index (χ4n) is 5.29. The van der Waals surface area contributed by atoms with Crippen molar-refractivity contribution in [3.8, 4) is 0 Å². The number of amides is 2. The molecule has 0 aliphatic carbocycles. The van der Waals surface area contributed by atoms with Crippen molar-refractivity contribution in [1.29, 1.82) is 0 Å². The highest BCUT2D eigenvalue weighted by Gasteiger charge is 2.58. The summed E-state index contributed by atoms with van der Waals surface area (Å²) in [5, 5.41) is 0.00971. The molecule has 0 unspecified atom stereocenters. The highest BCUT2D eigenvalue weighted by atomic mass is 28.4. The summed E-state index contributed by atoms with van der Waals surface area (Å²) in [6.45, 7) is 26.6. The van der Waals surface area contributed by atoms with Gasteiger partial charge in [0, 0.05) is 6.54 Å². The van der Waals surface area contributed by atoms with E-state index < -0.39 is 20.4 Å². The topological polar surface area (TPSA) is 85.4 Å². The minimum Gasteiger partial charge on any atom is -0.457 e. The van der Waals surface area contributed by atoms with Gasteiger partial charge in [0.15, 0.2) is 8.32 Å². The predicted octanol–water partition coefficient (Wildman–Crippen LogP) is 5.51. The molecular weight excluding hydrogens is 512 g/mol. The Hall–Kier alpha value is -2.91. The number of carbonyl (C=O) groups is 3. The van der Waals surface area contributed by atoms with Crippen molar-refractivity contribution < 1.29 is 28.3 Å². The predicted molar refractivity (Wildman–Crippen MR) is 154 cm³/mol. The second kappa shape index (κ2) is 11.7. The normalized spacial score (nSPS) is 24.4. The molecule has 0 spiro atoms. The van der Waals surface area contributed by atoms with E-state index in [2.05, 4.69) is 53.6 Å². The lowest BCUT2D eigenvalue weighted by Gasteiger charge is -2.48. The van der Waals surface area contributed by atoms with Crippen LogP contribution in [0.4, 0.5) is 4.79 Å². The van der Waals surface area contributed by atoms with E-state index in [4.69, 9.17) is 13.9 Å². The fourth-order valence-corrected chi connectivity index (χ4v) is 6.72. The van der Waals surface area contributed by atoms with Crippen LogP contribution in [0.25, 0.3) is 0 Å². The van der Waals surface area contributed by atoms with Gasteiger partial charge in [0.05, 0.1) is 24.1 Å². The summed E-state index contributed by atoms with van der Waals surface area (Å²) in [5.41, 5.74) is 2.76. The summed E-state index contributed by atoms with van der Waals surface area (Å²) in [5.74, 6) is -1.02. The van der Waals surface area contributed by atoms with Crippen molar-refractivity contribution in [2.24, 2.45) is 5.92 Å². The van der Waals surface area contributed by atoms with Crippen LogP contribution in [-0.2, 0) is 23.5 Å². The molecular formula is C30H44N2O6Si. The molecule has 3 rings (SSSR count). The van der Waals surface area contributed by atoms with E-state index in [9.17, 15) is 14.4 Å². The number of nitrogens with zero attached hydrogens (tertiary/aromatic N) is 2. The van der Waals surface area contributed by atoms with Gasteiger partial charge in [-0.25, -0.2) is 9.59 Å². The Morgan fingerprint density at radius 3 is 2.33 bits per heavy atom. The summed E-state index contributed by atoms with van der Waals surface area (Å²) in [7, 11) is -2.10. The maximum absolute atomic E-state index is 13.5. The molecule has 3 aliphatic heterocycles. The summed E-state index contributed by atoms with van der Waals surface area (Å²) >= 11 is 0. The first-order chi connectivity index (χ1) is 18.1. The van der Waals surface area contributed by atoms with Crippen LogP contribution in [0.2, 0.25) is 18.1 Å². The van der Waals surface area contributed by atoms with Crippen LogP contribution in [0, 0.1) is 5.92 Å². The SMILES string of the molecule is C=CCOC(=O)C1=C(C(C)=C[C@@H]2CC(=C)CN2C(=O)OCC=C)C[C@@H]2[C@@H]([C@@H](C)O[Si](C)(C)C(C)(C)C)C(=O)N12. The Labute approximate surface area is 234 Å². The van der Waals surface area contributed by atoms with E-state index in [0.29, 0.717) is 19.4 Å². The summed E-state index contributed by atoms with van der Waals surface area (Å²) in [6.07, 6.45) is 5.38. The van der Waals surface area contributed by atoms with E-state index in [1.54, 1.807) is 9.80 Å². The van der Waals surface area contributed by atoms with Crippen molar-refractivity contribution in [2.45, 2.75) is 83.8 Å². The molecule has 9 heteroatoms. The van der Waals surface area contributed by atoms with Crippen LogP contribution in [0.3, 0.4) is 0 Å². The number of ether oxygens (including phenoxy) is 2. The number of fused-ring (bicyclic) bond motifs is 1. The number of β-lactam (4-membered cyclic amide) rings is 1. The van der Waals surface area contributed by atoms with Gasteiger partial charge in [-0.15, -0.1) is 0 Å². The molecule has 2 amide bonds. The highest BCUT2D eigenvalue weighted by Crippen LogP contribution is 2.48. The molecule has 0 aromatic heterocycles. The van der Waals surface area contributed by atoms with Crippen LogP contribution >= 0.6 is 0 Å². The Morgan fingerprint density at radius 1 is 1.13 bits per heavy atom. The van der Waals surface area contributed by atoms with Gasteiger partial charge in [0.1, 0.15) is 18.9 Å². The van der Waals surface area contributed by atoms with Crippen LogP contribution in [0.15, 0.2) is 60.4 Å². The number of likely N-dealkylation sites (tertiary alicyclic amines) is 1. The molecule has 214 valence electrons. The van der Waals surface area contributed by atoms with E-state index in [0.717, 1.165) is 16.7 Å². The van der Waals surface area contributed by atoms with Crippen molar-refractivity contribution in [2.75, 3.05) is 19.8 Å². The summed E-state index contributed by atoms with van der Waals surface area (Å²) in [6, 6.07) is -0.456. The Kier molecular flexibility index (Phi) is 9.17. The largest absolute Gasteiger partial charge is 0.457 e. The van der Waals surface area contributed by atoms with Gasteiger partial charge in [-0.3, -0.25) is 9.69 Å². The zero-order valence-electron chi connectivity index (χ0n) is 24.5. The minimum absolute atomic E-state index is 0.00971. The van der Waals surface area contributed by atoms with E-state index >= 15 is 0 Å². The average molecular weight is 557 g/mol. The van der Waals surface area contributed by atoms with Gasteiger partial charge in [-0.1, -0.05) is 64.3 Å². The van der Waals surface area contributed by atoms with Gasteiger partial charge in [-0.2, -0.15) is 0 Å². The molecule has 3 aliphatic rings. The molecule has 39 heavy (non-hydrogen) atoms. The first-order valence-electron chi connectivity index (χ1n) is 13.6. The molecule has 0 bridgehead atoms. The molecule has 4 atom stereocenters. The number of carbonyl (C=O) groups excluding carboxylic acids is 3. The third-order valence-electron chi connectivity index (χ3n) is 8.30. The monoisotopic (exact) mass is 556 g/mol. The number of esters is 1. The van der Waals surface area contributed by atoms with Gasteiger partial charge >= 0.3 is 12.1 Å². The number of allylic oxidation sites excluding steroid dienone is 1. The highest BCUT2D eigenvalue weighted by molar-refractivity contribution is 6.74. The summed E-state index contributed by atoms with van der Waals surface area (Å²) < 4.78 is 17.3. The molecule has 2 saturated heterocycles. The second-order valence-corrected chi connectivity index (χ2v) is 16.9. The van der Waals surface area contributed by atoms with Crippen molar-refractivity contribution in [1.82, 2.24) is 9.80 Å². The Morgan fingerprint density at radius 2 is 1.74 bits per heavy atom. The molecule has 3 heterocycles. The first kappa shape index (κ1) is 30.6. The van der Waals surface area contributed by atoms with Crippen LogP contribution in [-0.4, -0.2) is 74.0 Å². The van der Waals surface area contributed by atoms with E-state index in [1.165, 1.54) is 12.2 Å². The lowest BCUT2D eigenvalue weighted by atomic mass is 9.82. The van der Waals surface area contributed by atoms with E-state index in [-0.39, 0.29) is 54.0 Å².